The number of carbonyl (C=O) groups excluding carboxylic acids is 3. The molecule has 2 amide bonds. The van der Waals surface area contributed by atoms with Crippen LogP contribution in [0.3, 0.4) is 0 Å². The molecule has 2 aliphatic rings. The Kier molecular flexibility index (Phi) is 7.31. The standard InChI is InChI=1S/C23H23ClN2O5S2/c1-13-17(11-24)20(23(29)31-12-14-5-7-15(30-2)8-6-14)26-21(28)19(22(26)33-13)25-18(27)10-16-4-3-9-32-16/h3-9,13,19,22H,10-12H2,1-2H3,(H,25,27)/t13-,19+,22+/m0/s1. The van der Waals surface area contributed by atoms with Gasteiger partial charge in [0, 0.05) is 16.0 Å². The number of nitrogens with zero attached hydrogens (tertiary/aromatic N) is 1. The number of thiophene rings is 1. The van der Waals surface area contributed by atoms with Crippen molar-refractivity contribution in [2.45, 2.75) is 36.6 Å². The van der Waals surface area contributed by atoms with Crippen molar-refractivity contribution in [2.75, 3.05) is 13.0 Å². The van der Waals surface area contributed by atoms with Gasteiger partial charge in [-0.2, -0.15) is 0 Å². The summed E-state index contributed by atoms with van der Waals surface area (Å²) in [7, 11) is 1.58. The van der Waals surface area contributed by atoms with Crippen LogP contribution in [0.1, 0.15) is 17.4 Å². The Morgan fingerprint density at radius 3 is 2.61 bits per heavy atom. The third-order valence-corrected chi connectivity index (χ3v) is 8.14. The molecular weight excluding hydrogens is 484 g/mol. The van der Waals surface area contributed by atoms with Crippen molar-refractivity contribution in [3.05, 3.63) is 63.5 Å². The summed E-state index contributed by atoms with van der Waals surface area (Å²) in [5, 5.41) is 4.24. The summed E-state index contributed by atoms with van der Waals surface area (Å²) in [5.74, 6) is -0.350. The maximum atomic E-state index is 13.0. The van der Waals surface area contributed by atoms with Gasteiger partial charge in [0.05, 0.1) is 13.5 Å². The van der Waals surface area contributed by atoms with Crippen LogP contribution in [0.15, 0.2) is 53.0 Å². The summed E-state index contributed by atoms with van der Waals surface area (Å²) in [5.41, 5.74) is 1.62. The van der Waals surface area contributed by atoms with Crippen LogP contribution >= 0.6 is 34.7 Å². The second-order valence-electron chi connectivity index (χ2n) is 7.61. The first kappa shape index (κ1) is 23.7. The minimum Gasteiger partial charge on any atom is -0.497 e. The number of ether oxygens (including phenoxy) is 2. The second-order valence-corrected chi connectivity index (χ2v) is 10.4. The molecule has 7 nitrogen and oxygen atoms in total. The van der Waals surface area contributed by atoms with Crippen molar-refractivity contribution >= 4 is 52.5 Å². The number of thioether (sulfide) groups is 1. The van der Waals surface area contributed by atoms with Gasteiger partial charge in [0.1, 0.15) is 29.5 Å². The van der Waals surface area contributed by atoms with E-state index in [1.54, 1.807) is 31.4 Å². The number of alkyl halides is 1. The van der Waals surface area contributed by atoms with Gasteiger partial charge in [-0.1, -0.05) is 18.2 Å². The van der Waals surface area contributed by atoms with Gasteiger partial charge in [0.2, 0.25) is 5.91 Å². The normalized spacial score (nSPS) is 21.8. The van der Waals surface area contributed by atoms with E-state index in [0.29, 0.717) is 11.3 Å². The Morgan fingerprint density at radius 2 is 1.97 bits per heavy atom. The smallest absolute Gasteiger partial charge is 0.355 e. The number of benzene rings is 1. The van der Waals surface area contributed by atoms with Crippen LogP contribution in [-0.4, -0.2) is 52.3 Å². The van der Waals surface area contributed by atoms with Crippen molar-refractivity contribution in [3.63, 3.8) is 0 Å². The lowest BCUT2D eigenvalue weighted by Crippen LogP contribution is -2.71. The summed E-state index contributed by atoms with van der Waals surface area (Å²) >= 11 is 9.14. The number of amides is 2. The zero-order valence-corrected chi connectivity index (χ0v) is 20.5. The number of methoxy groups -OCH3 is 1. The molecule has 0 aliphatic carbocycles. The molecule has 0 unspecified atom stereocenters. The molecular formula is C23H23ClN2O5S2. The highest BCUT2D eigenvalue weighted by atomic mass is 35.5. The van der Waals surface area contributed by atoms with Crippen LogP contribution in [0.4, 0.5) is 0 Å². The highest BCUT2D eigenvalue weighted by Crippen LogP contribution is 2.44. The average molecular weight is 507 g/mol. The van der Waals surface area contributed by atoms with Crippen LogP contribution in [-0.2, 0) is 32.1 Å². The summed E-state index contributed by atoms with van der Waals surface area (Å²) < 4.78 is 10.7. The minimum absolute atomic E-state index is 0.0527. The van der Waals surface area contributed by atoms with E-state index in [1.165, 1.54) is 28.0 Å². The van der Waals surface area contributed by atoms with Crippen LogP contribution in [0.5, 0.6) is 5.75 Å². The Balaban J connectivity index is 1.45. The Morgan fingerprint density at radius 1 is 1.21 bits per heavy atom. The summed E-state index contributed by atoms with van der Waals surface area (Å²) in [6.07, 6.45) is 0.216. The second kappa shape index (κ2) is 10.2. The van der Waals surface area contributed by atoms with Crippen LogP contribution in [0.2, 0.25) is 0 Å². The first-order valence-electron chi connectivity index (χ1n) is 10.3. The molecule has 1 fully saturated rings. The molecule has 3 heterocycles. The van der Waals surface area contributed by atoms with Gasteiger partial charge in [-0.3, -0.25) is 14.5 Å². The largest absolute Gasteiger partial charge is 0.497 e. The molecule has 2 aromatic rings. The molecule has 0 bridgehead atoms. The first-order valence-corrected chi connectivity index (χ1v) is 12.7. The average Bonchev–Trinajstić information content (AvgIpc) is 3.33. The van der Waals surface area contributed by atoms with E-state index in [9.17, 15) is 14.4 Å². The zero-order valence-electron chi connectivity index (χ0n) is 18.1. The molecule has 33 heavy (non-hydrogen) atoms. The fourth-order valence-corrected chi connectivity index (χ4v) is 6.35. The molecule has 3 atom stereocenters. The van der Waals surface area contributed by atoms with E-state index in [-0.39, 0.29) is 47.0 Å². The number of β-lactam (4-membered cyclic amide) rings is 1. The molecule has 1 saturated heterocycles. The number of fused-ring (bicyclic) bond motifs is 1. The van der Waals surface area contributed by atoms with Crippen molar-refractivity contribution in [1.82, 2.24) is 10.2 Å². The highest BCUT2D eigenvalue weighted by Gasteiger charge is 2.55. The Labute approximate surface area is 205 Å². The number of esters is 1. The summed E-state index contributed by atoms with van der Waals surface area (Å²) in [4.78, 5) is 40.8. The fraction of sp³-hybridized carbons (Fsp3) is 0.348. The molecule has 174 valence electrons. The number of hydrogen-bond acceptors (Lipinski definition) is 7. The van der Waals surface area contributed by atoms with Crippen molar-refractivity contribution in [2.24, 2.45) is 0 Å². The quantitative estimate of drug-likeness (QED) is 0.336. The Hall–Kier alpha value is -2.49. The monoisotopic (exact) mass is 506 g/mol. The van der Waals surface area contributed by atoms with Gasteiger partial charge in [-0.05, 0) is 41.6 Å². The van der Waals surface area contributed by atoms with Gasteiger partial charge in [-0.25, -0.2) is 4.79 Å². The molecule has 10 heteroatoms. The molecule has 1 aromatic heterocycles. The molecule has 4 rings (SSSR count). The number of carbonyl (C=O) groups is 3. The van der Waals surface area contributed by atoms with Gasteiger partial charge in [0.25, 0.3) is 5.91 Å². The van der Waals surface area contributed by atoms with E-state index in [4.69, 9.17) is 21.1 Å². The van der Waals surface area contributed by atoms with E-state index >= 15 is 0 Å². The van der Waals surface area contributed by atoms with Gasteiger partial charge < -0.3 is 14.8 Å². The number of nitrogens with one attached hydrogen (secondary N) is 1. The first-order chi connectivity index (χ1) is 15.9. The van der Waals surface area contributed by atoms with Crippen LogP contribution in [0.25, 0.3) is 0 Å². The van der Waals surface area contributed by atoms with E-state index in [2.05, 4.69) is 5.32 Å². The molecule has 0 saturated carbocycles. The number of hydrogen-bond donors (Lipinski definition) is 1. The molecule has 0 radical (unpaired) electrons. The third-order valence-electron chi connectivity index (χ3n) is 5.52. The molecule has 0 spiro atoms. The zero-order chi connectivity index (χ0) is 23.5. The van der Waals surface area contributed by atoms with Gasteiger partial charge in [0.15, 0.2) is 0 Å². The lowest BCUT2D eigenvalue weighted by molar-refractivity contribution is -0.153. The lowest BCUT2D eigenvalue weighted by atomic mass is 10.0. The van der Waals surface area contributed by atoms with Crippen molar-refractivity contribution in [1.29, 1.82) is 0 Å². The van der Waals surface area contributed by atoms with E-state index < -0.39 is 12.0 Å². The van der Waals surface area contributed by atoms with E-state index in [1.807, 2.05) is 24.4 Å². The predicted molar refractivity (Wildman–Crippen MR) is 128 cm³/mol. The highest BCUT2D eigenvalue weighted by molar-refractivity contribution is 8.00. The van der Waals surface area contributed by atoms with Gasteiger partial charge >= 0.3 is 5.97 Å². The minimum atomic E-state index is -0.689. The fourth-order valence-electron chi connectivity index (χ4n) is 3.75. The third kappa shape index (κ3) is 4.90. The predicted octanol–water partition coefficient (Wildman–Crippen LogP) is 3.32. The molecule has 1 aromatic carbocycles. The van der Waals surface area contributed by atoms with Crippen molar-refractivity contribution < 1.29 is 23.9 Å². The lowest BCUT2D eigenvalue weighted by Gasteiger charge is -2.51. The topological polar surface area (TPSA) is 84.9 Å². The molecule has 1 N–H and O–H groups in total. The Bertz CT molecular complexity index is 1070. The van der Waals surface area contributed by atoms with Gasteiger partial charge in [-0.15, -0.1) is 34.7 Å². The van der Waals surface area contributed by atoms with Crippen LogP contribution < -0.4 is 10.1 Å². The maximum Gasteiger partial charge on any atom is 0.355 e. The summed E-state index contributed by atoms with van der Waals surface area (Å²) in [6.45, 7) is 1.99. The maximum absolute atomic E-state index is 13.0. The van der Waals surface area contributed by atoms with Crippen LogP contribution in [0, 0.1) is 0 Å². The SMILES string of the molecule is COc1ccc(COC(=O)C2=C(CCl)[C@H](C)S[C@@H]3[C@H](NC(=O)Cc4cccs4)C(=O)N23)cc1. The van der Waals surface area contributed by atoms with E-state index in [0.717, 1.165) is 10.4 Å². The summed E-state index contributed by atoms with van der Waals surface area (Å²) in [6, 6.07) is 10.2. The van der Waals surface area contributed by atoms with Crippen molar-refractivity contribution in [3.8, 4) is 5.75 Å². The number of halogens is 1. The molecule has 2 aliphatic heterocycles. The number of rotatable bonds is 8.